The van der Waals surface area contributed by atoms with Crippen LogP contribution < -0.4 is 0 Å². The molecule has 0 amide bonds. The van der Waals surface area contributed by atoms with Gasteiger partial charge in [0.15, 0.2) is 11.6 Å². The Bertz CT molecular complexity index is 536. The summed E-state index contributed by atoms with van der Waals surface area (Å²) in [4.78, 5) is 0. The van der Waals surface area contributed by atoms with Gasteiger partial charge in [-0.2, -0.15) is 0 Å². The lowest BCUT2D eigenvalue weighted by atomic mass is 10.0. The molecule has 5 heteroatoms. The zero-order valence-corrected chi connectivity index (χ0v) is 12.2. The molecule has 1 unspecified atom stereocenters. The number of halogens is 4. The Labute approximate surface area is 120 Å². The van der Waals surface area contributed by atoms with Gasteiger partial charge in [0.2, 0.25) is 0 Å². The number of hydrogen-bond acceptors (Lipinski definition) is 1. The van der Waals surface area contributed by atoms with Crippen LogP contribution in [0.5, 0.6) is 0 Å². The van der Waals surface area contributed by atoms with Crippen LogP contribution in [0.2, 0.25) is 0 Å². The van der Waals surface area contributed by atoms with Gasteiger partial charge in [0, 0.05) is 8.95 Å². The average molecular weight is 378 g/mol. The second-order valence-electron chi connectivity index (χ2n) is 3.75. The van der Waals surface area contributed by atoms with Crippen molar-refractivity contribution in [3.05, 3.63) is 68.1 Å². The molecule has 1 N–H and O–H groups in total. The highest BCUT2D eigenvalue weighted by molar-refractivity contribution is 9.13. The summed E-state index contributed by atoms with van der Waals surface area (Å²) in [7, 11) is 0. The highest BCUT2D eigenvalue weighted by Gasteiger charge is 2.14. The van der Waals surface area contributed by atoms with Gasteiger partial charge in [0.05, 0.1) is 0 Å². The van der Waals surface area contributed by atoms with Gasteiger partial charge in [0.25, 0.3) is 0 Å². The minimum absolute atomic E-state index is 0.308. The molecule has 94 valence electrons. The molecule has 0 saturated heterocycles. The minimum Gasteiger partial charge on any atom is -0.384 e. The first-order chi connectivity index (χ1) is 8.49. The Balaban J connectivity index is 2.37. The molecule has 0 aliphatic heterocycles. The maximum atomic E-state index is 13.1. The highest BCUT2D eigenvalue weighted by Crippen LogP contribution is 2.29. The van der Waals surface area contributed by atoms with Crippen LogP contribution in [0.15, 0.2) is 45.3 Å². The first-order valence-electron chi connectivity index (χ1n) is 5.07. The smallest absolute Gasteiger partial charge is 0.159 e. The van der Waals surface area contributed by atoms with Crippen molar-refractivity contribution in [2.24, 2.45) is 0 Å². The topological polar surface area (TPSA) is 20.2 Å². The molecule has 0 aliphatic carbocycles. The largest absolute Gasteiger partial charge is 0.384 e. The van der Waals surface area contributed by atoms with Crippen LogP contribution in [0.4, 0.5) is 8.78 Å². The van der Waals surface area contributed by atoms with Crippen molar-refractivity contribution in [2.75, 3.05) is 0 Å². The Morgan fingerprint density at radius 3 is 2.06 bits per heavy atom. The van der Waals surface area contributed by atoms with Crippen molar-refractivity contribution in [1.29, 1.82) is 0 Å². The SMILES string of the molecule is OC(c1ccc(F)c(F)c1)c1ccc(Br)c(Br)c1. The lowest BCUT2D eigenvalue weighted by Gasteiger charge is -2.12. The van der Waals surface area contributed by atoms with Crippen molar-refractivity contribution < 1.29 is 13.9 Å². The van der Waals surface area contributed by atoms with E-state index < -0.39 is 17.7 Å². The van der Waals surface area contributed by atoms with E-state index in [-0.39, 0.29) is 0 Å². The molecule has 2 rings (SSSR count). The number of rotatable bonds is 2. The van der Waals surface area contributed by atoms with Crippen LogP contribution in [0.1, 0.15) is 17.2 Å². The molecule has 2 aromatic rings. The molecule has 0 bridgehead atoms. The third-order valence-electron chi connectivity index (χ3n) is 2.52. The van der Waals surface area contributed by atoms with E-state index in [9.17, 15) is 13.9 Å². The zero-order valence-electron chi connectivity index (χ0n) is 9.00. The van der Waals surface area contributed by atoms with Gasteiger partial charge in [-0.05, 0) is 67.3 Å². The summed E-state index contributed by atoms with van der Waals surface area (Å²) >= 11 is 6.64. The number of aliphatic hydroxyl groups excluding tert-OH is 1. The maximum Gasteiger partial charge on any atom is 0.159 e. The number of aliphatic hydroxyl groups is 1. The molecule has 1 atom stereocenters. The summed E-state index contributed by atoms with van der Waals surface area (Å²) in [6.45, 7) is 0. The van der Waals surface area contributed by atoms with Gasteiger partial charge in [-0.1, -0.05) is 12.1 Å². The molecule has 0 heterocycles. The molecule has 1 nitrogen and oxygen atoms in total. The zero-order chi connectivity index (χ0) is 13.3. The van der Waals surface area contributed by atoms with E-state index in [1.807, 2.05) is 0 Å². The quantitative estimate of drug-likeness (QED) is 0.812. The van der Waals surface area contributed by atoms with Crippen molar-refractivity contribution >= 4 is 31.9 Å². The van der Waals surface area contributed by atoms with Crippen molar-refractivity contribution in [1.82, 2.24) is 0 Å². The predicted molar refractivity (Wildman–Crippen MR) is 72.3 cm³/mol. The first-order valence-corrected chi connectivity index (χ1v) is 6.65. The summed E-state index contributed by atoms with van der Waals surface area (Å²) in [5.41, 5.74) is 0.902. The van der Waals surface area contributed by atoms with E-state index in [2.05, 4.69) is 31.9 Å². The predicted octanol–water partition coefficient (Wildman–Crippen LogP) is 4.57. The van der Waals surface area contributed by atoms with Crippen LogP contribution in [-0.4, -0.2) is 5.11 Å². The molecule has 0 aromatic heterocycles. The van der Waals surface area contributed by atoms with Gasteiger partial charge in [-0.25, -0.2) is 8.78 Å². The standard InChI is InChI=1S/C13H8Br2F2O/c14-9-3-1-7(5-10(9)15)13(18)8-2-4-11(16)12(17)6-8/h1-6,13,18H. The van der Waals surface area contributed by atoms with E-state index in [0.717, 1.165) is 21.1 Å². The summed E-state index contributed by atoms with van der Waals surface area (Å²) in [5, 5.41) is 10.1. The summed E-state index contributed by atoms with van der Waals surface area (Å²) in [6, 6.07) is 8.55. The second-order valence-corrected chi connectivity index (χ2v) is 5.46. The van der Waals surface area contributed by atoms with E-state index in [0.29, 0.717) is 11.1 Å². The van der Waals surface area contributed by atoms with E-state index in [1.54, 1.807) is 18.2 Å². The van der Waals surface area contributed by atoms with Gasteiger partial charge in [-0.15, -0.1) is 0 Å². The highest BCUT2D eigenvalue weighted by atomic mass is 79.9. The fraction of sp³-hybridized carbons (Fsp3) is 0.0769. The molecule has 0 radical (unpaired) electrons. The van der Waals surface area contributed by atoms with Crippen LogP contribution >= 0.6 is 31.9 Å². The fourth-order valence-electron chi connectivity index (χ4n) is 1.56. The van der Waals surface area contributed by atoms with Gasteiger partial charge >= 0.3 is 0 Å². The monoisotopic (exact) mass is 376 g/mol. The Morgan fingerprint density at radius 1 is 0.833 bits per heavy atom. The summed E-state index contributed by atoms with van der Waals surface area (Å²) in [6.07, 6.45) is -0.996. The average Bonchev–Trinajstić information content (AvgIpc) is 2.35. The van der Waals surface area contributed by atoms with Gasteiger partial charge in [-0.3, -0.25) is 0 Å². The minimum atomic E-state index is -0.996. The van der Waals surface area contributed by atoms with Crippen LogP contribution in [0, 0.1) is 11.6 Å². The molecule has 0 spiro atoms. The Kier molecular flexibility index (Phi) is 4.14. The number of hydrogen-bond donors (Lipinski definition) is 1. The molecular formula is C13H8Br2F2O. The molecular weight excluding hydrogens is 370 g/mol. The normalized spacial score (nSPS) is 12.5. The second kappa shape index (κ2) is 5.47. The first kappa shape index (κ1) is 13.6. The Hall–Kier alpha value is -0.780. The number of benzene rings is 2. The molecule has 18 heavy (non-hydrogen) atoms. The van der Waals surface area contributed by atoms with E-state index in [4.69, 9.17) is 0 Å². The molecule has 2 aromatic carbocycles. The van der Waals surface area contributed by atoms with Crippen LogP contribution in [0.25, 0.3) is 0 Å². The molecule has 0 aliphatic rings. The third kappa shape index (κ3) is 2.79. The lowest BCUT2D eigenvalue weighted by Crippen LogP contribution is -2.01. The van der Waals surface area contributed by atoms with Crippen molar-refractivity contribution in [3.63, 3.8) is 0 Å². The fourth-order valence-corrected chi connectivity index (χ4v) is 2.20. The van der Waals surface area contributed by atoms with Crippen molar-refractivity contribution in [3.8, 4) is 0 Å². The van der Waals surface area contributed by atoms with Crippen LogP contribution in [-0.2, 0) is 0 Å². The van der Waals surface area contributed by atoms with Gasteiger partial charge in [0.1, 0.15) is 6.10 Å². The molecule has 0 fully saturated rings. The van der Waals surface area contributed by atoms with E-state index >= 15 is 0 Å². The molecule has 0 saturated carbocycles. The third-order valence-corrected chi connectivity index (χ3v) is 4.40. The maximum absolute atomic E-state index is 13.1. The van der Waals surface area contributed by atoms with E-state index in [1.165, 1.54) is 6.07 Å². The lowest BCUT2D eigenvalue weighted by molar-refractivity contribution is 0.219. The van der Waals surface area contributed by atoms with Crippen molar-refractivity contribution in [2.45, 2.75) is 6.10 Å². The van der Waals surface area contributed by atoms with Crippen LogP contribution in [0.3, 0.4) is 0 Å². The summed E-state index contributed by atoms with van der Waals surface area (Å²) < 4.78 is 27.5. The van der Waals surface area contributed by atoms with Gasteiger partial charge < -0.3 is 5.11 Å². The Morgan fingerprint density at radius 2 is 1.44 bits per heavy atom. The summed E-state index contributed by atoms with van der Waals surface area (Å²) in [5.74, 6) is -1.90.